The molecule has 0 unspecified atom stereocenters. The van der Waals surface area contributed by atoms with Crippen molar-refractivity contribution in [2.45, 2.75) is 39.3 Å². The van der Waals surface area contributed by atoms with Crippen LogP contribution in [0.15, 0.2) is 29.1 Å². The lowest BCUT2D eigenvalue weighted by molar-refractivity contribution is 0.239. The molecule has 0 fully saturated rings. The van der Waals surface area contributed by atoms with Gasteiger partial charge in [0.05, 0.1) is 22.5 Å². The van der Waals surface area contributed by atoms with Gasteiger partial charge in [-0.3, -0.25) is 14.4 Å². The zero-order chi connectivity index (χ0) is 17.4. The monoisotopic (exact) mass is 337 g/mol. The summed E-state index contributed by atoms with van der Waals surface area (Å²) < 4.78 is 1.92. The maximum absolute atomic E-state index is 12.4. The van der Waals surface area contributed by atoms with Gasteiger partial charge in [0.25, 0.3) is 5.56 Å². The van der Waals surface area contributed by atoms with Crippen LogP contribution in [0, 0.1) is 0 Å². The third kappa shape index (κ3) is 2.98. The highest BCUT2D eigenvalue weighted by molar-refractivity contribution is 5.81. The van der Waals surface area contributed by atoms with Crippen LogP contribution in [0.2, 0.25) is 0 Å². The van der Waals surface area contributed by atoms with E-state index in [0.717, 1.165) is 60.6 Å². The fraction of sp³-hybridized carbons (Fsp3) is 0.421. The van der Waals surface area contributed by atoms with Gasteiger partial charge in [-0.2, -0.15) is 5.10 Å². The maximum atomic E-state index is 12.4. The van der Waals surface area contributed by atoms with Crippen molar-refractivity contribution >= 4 is 10.9 Å². The van der Waals surface area contributed by atoms with Crippen LogP contribution in [-0.2, 0) is 33.0 Å². The van der Waals surface area contributed by atoms with Gasteiger partial charge in [0.15, 0.2) is 0 Å². The molecule has 0 amide bonds. The lowest BCUT2D eigenvalue weighted by atomic mass is 10.1. The van der Waals surface area contributed by atoms with Gasteiger partial charge in [-0.15, -0.1) is 0 Å². The Balaban J connectivity index is 1.59. The number of nitrogens with one attached hydrogen (secondary N) is 1. The summed E-state index contributed by atoms with van der Waals surface area (Å²) in [7, 11) is 1.97. The van der Waals surface area contributed by atoms with Crippen molar-refractivity contribution in [2.75, 3.05) is 6.54 Å². The van der Waals surface area contributed by atoms with Crippen LogP contribution >= 0.6 is 0 Å². The van der Waals surface area contributed by atoms with Gasteiger partial charge in [-0.05, 0) is 12.5 Å². The quantitative estimate of drug-likeness (QED) is 0.792. The van der Waals surface area contributed by atoms with Crippen molar-refractivity contribution in [3.8, 4) is 0 Å². The van der Waals surface area contributed by atoms with Crippen molar-refractivity contribution in [3.63, 3.8) is 0 Å². The molecular weight excluding hydrogens is 314 g/mol. The second kappa shape index (κ2) is 6.44. The molecular formula is C19H23N5O. The Morgan fingerprint density at radius 2 is 2.12 bits per heavy atom. The fourth-order valence-corrected chi connectivity index (χ4v) is 3.64. The first-order valence-corrected chi connectivity index (χ1v) is 8.89. The summed E-state index contributed by atoms with van der Waals surface area (Å²) in [6.45, 7) is 4.38. The molecule has 2 aromatic heterocycles. The lowest BCUT2D eigenvalue weighted by Gasteiger charge is -2.27. The Hall–Kier alpha value is -2.47. The summed E-state index contributed by atoms with van der Waals surface area (Å²) >= 11 is 0. The van der Waals surface area contributed by atoms with E-state index >= 15 is 0 Å². The molecule has 130 valence electrons. The molecule has 6 nitrogen and oxygen atoms in total. The summed E-state index contributed by atoms with van der Waals surface area (Å²) in [5.74, 6) is 0.815. The minimum absolute atomic E-state index is 0.0176. The standard InChI is InChI=1S/C19H23N5O/c1-3-6-18-20-15-9-10-24(11-14(15)19(25)21-18)12-16-13-7-4-5-8-17(13)23(2)22-16/h4-5,7-8H,3,6,9-12H2,1-2H3,(H,20,21,25). The average molecular weight is 337 g/mol. The molecule has 0 radical (unpaired) electrons. The SMILES string of the molecule is CCCc1nc2c(c(=O)[nH]1)CN(Cc1nn(C)c3ccccc13)CC2. The number of hydrogen-bond donors (Lipinski definition) is 1. The largest absolute Gasteiger partial charge is 0.310 e. The lowest BCUT2D eigenvalue weighted by Crippen LogP contribution is -2.36. The first kappa shape index (κ1) is 16.0. The van der Waals surface area contributed by atoms with Crippen molar-refractivity contribution in [1.29, 1.82) is 0 Å². The molecule has 0 bridgehead atoms. The predicted molar refractivity (Wildman–Crippen MR) is 97.4 cm³/mol. The van der Waals surface area contributed by atoms with E-state index < -0.39 is 0 Å². The summed E-state index contributed by atoms with van der Waals surface area (Å²) in [5.41, 5.74) is 4.00. The van der Waals surface area contributed by atoms with E-state index in [4.69, 9.17) is 0 Å². The summed E-state index contributed by atoms with van der Waals surface area (Å²) in [4.78, 5) is 22.3. The van der Waals surface area contributed by atoms with E-state index in [9.17, 15) is 4.79 Å². The summed E-state index contributed by atoms with van der Waals surface area (Å²) in [6.07, 6.45) is 2.63. The fourth-order valence-electron chi connectivity index (χ4n) is 3.64. The molecule has 0 saturated heterocycles. The van der Waals surface area contributed by atoms with Crippen LogP contribution in [0.1, 0.15) is 36.1 Å². The van der Waals surface area contributed by atoms with E-state index in [-0.39, 0.29) is 5.56 Å². The van der Waals surface area contributed by atoms with Crippen LogP contribution in [-0.4, -0.2) is 31.2 Å². The second-order valence-corrected chi connectivity index (χ2v) is 6.74. The number of aromatic amines is 1. The third-order valence-electron chi connectivity index (χ3n) is 4.89. The van der Waals surface area contributed by atoms with Crippen molar-refractivity contribution < 1.29 is 0 Å². The molecule has 0 atom stereocenters. The highest BCUT2D eigenvalue weighted by atomic mass is 16.1. The van der Waals surface area contributed by atoms with E-state index in [1.807, 2.05) is 23.9 Å². The molecule has 0 aliphatic carbocycles. The molecule has 1 aliphatic heterocycles. The van der Waals surface area contributed by atoms with E-state index in [1.165, 1.54) is 5.39 Å². The number of fused-ring (bicyclic) bond motifs is 2. The number of para-hydroxylation sites is 1. The number of rotatable bonds is 4. The topological polar surface area (TPSA) is 66.8 Å². The Morgan fingerprint density at radius 3 is 2.96 bits per heavy atom. The van der Waals surface area contributed by atoms with E-state index in [1.54, 1.807) is 0 Å². The number of aromatic nitrogens is 4. The smallest absolute Gasteiger partial charge is 0.255 e. The molecule has 1 aromatic carbocycles. The van der Waals surface area contributed by atoms with Crippen molar-refractivity contribution in [1.82, 2.24) is 24.6 Å². The predicted octanol–water partition coefficient (Wildman–Crippen LogP) is 2.17. The van der Waals surface area contributed by atoms with Gasteiger partial charge < -0.3 is 4.98 Å². The zero-order valence-corrected chi connectivity index (χ0v) is 14.7. The van der Waals surface area contributed by atoms with Crippen molar-refractivity contribution in [3.05, 3.63) is 57.4 Å². The molecule has 1 aliphatic rings. The van der Waals surface area contributed by atoms with Crippen LogP contribution < -0.4 is 5.56 Å². The Labute approximate surface area is 146 Å². The van der Waals surface area contributed by atoms with Gasteiger partial charge in [0.2, 0.25) is 0 Å². The third-order valence-corrected chi connectivity index (χ3v) is 4.89. The van der Waals surface area contributed by atoms with Crippen LogP contribution in [0.3, 0.4) is 0 Å². The molecule has 6 heteroatoms. The number of aryl methyl sites for hydroxylation is 2. The molecule has 0 spiro atoms. The summed E-state index contributed by atoms with van der Waals surface area (Å²) in [5, 5.41) is 5.86. The molecule has 3 heterocycles. The first-order chi connectivity index (χ1) is 12.2. The average Bonchev–Trinajstić information content (AvgIpc) is 2.92. The zero-order valence-electron chi connectivity index (χ0n) is 14.7. The summed E-state index contributed by atoms with van der Waals surface area (Å²) in [6, 6.07) is 8.27. The number of nitrogens with zero attached hydrogens (tertiary/aromatic N) is 4. The van der Waals surface area contributed by atoms with Gasteiger partial charge in [0.1, 0.15) is 5.82 Å². The number of benzene rings is 1. The Morgan fingerprint density at radius 1 is 1.28 bits per heavy atom. The highest BCUT2D eigenvalue weighted by Gasteiger charge is 2.22. The molecule has 4 rings (SSSR count). The van der Waals surface area contributed by atoms with Crippen molar-refractivity contribution in [2.24, 2.45) is 7.05 Å². The Bertz CT molecular complexity index is 972. The van der Waals surface area contributed by atoms with Crippen LogP contribution in [0.5, 0.6) is 0 Å². The van der Waals surface area contributed by atoms with Crippen LogP contribution in [0.4, 0.5) is 0 Å². The van der Waals surface area contributed by atoms with E-state index in [2.05, 4.69) is 39.0 Å². The second-order valence-electron chi connectivity index (χ2n) is 6.74. The number of H-pyrrole nitrogens is 1. The minimum Gasteiger partial charge on any atom is -0.310 e. The first-order valence-electron chi connectivity index (χ1n) is 8.89. The molecule has 3 aromatic rings. The molecule has 25 heavy (non-hydrogen) atoms. The normalized spacial score (nSPS) is 14.8. The van der Waals surface area contributed by atoms with E-state index in [0.29, 0.717) is 6.54 Å². The van der Waals surface area contributed by atoms with Gasteiger partial charge in [0, 0.05) is 44.9 Å². The van der Waals surface area contributed by atoms with Gasteiger partial charge >= 0.3 is 0 Å². The molecule has 0 saturated carbocycles. The van der Waals surface area contributed by atoms with Crippen LogP contribution in [0.25, 0.3) is 10.9 Å². The highest BCUT2D eigenvalue weighted by Crippen LogP contribution is 2.21. The maximum Gasteiger partial charge on any atom is 0.255 e. The molecule has 1 N–H and O–H groups in total. The number of hydrogen-bond acceptors (Lipinski definition) is 4. The van der Waals surface area contributed by atoms with Gasteiger partial charge in [-0.1, -0.05) is 25.1 Å². The minimum atomic E-state index is 0.0176. The van der Waals surface area contributed by atoms with Gasteiger partial charge in [-0.25, -0.2) is 4.98 Å². The Kier molecular flexibility index (Phi) is 4.13.